The highest BCUT2D eigenvalue weighted by molar-refractivity contribution is 6.31. The average molecular weight is 516 g/mol. The van der Waals surface area contributed by atoms with Crippen LogP contribution in [0.5, 0.6) is 0 Å². The van der Waals surface area contributed by atoms with Gasteiger partial charge in [0, 0.05) is 0 Å². The summed E-state index contributed by atoms with van der Waals surface area (Å²) in [7, 11) is 0. The first-order valence-corrected chi connectivity index (χ1v) is 10.9. The van der Waals surface area contributed by atoms with Gasteiger partial charge in [-0.3, -0.25) is 4.79 Å². The van der Waals surface area contributed by atoms with Crippen molar-refractivity contribution in [2.75, 3.05) is 0 Å². The Labute approximate surface area is 200 Å². The second kappa shape index (κ2) is 9.50. The van der Waals surface area contributed by atoms with Gasteiger partial charge in [-0.1, -0.05) is 23.7 Å². The van der Waals surface area contributed by atoms with Crippen LogP contribution < -0.4 is 5.32 Å². The van der Waals surface area contributed by atoms with E-state index in [1.807, 2.05) is 0 Å². The lowest BCUT2D eigenvalue weighted by atomic mass is 9.76. The van der Waals surface area contributed by atoms with E-state index in [1.54, 1.807) is 0 Å². The van der Waals surface area contributed by atoms with E-state index in [0.717, 1.165) is 16.9 Å². The van der Waals surface area contributed by atoms with Crippen molar-refractivity contribution >= 4 is 17.5 Å². The van der Waals surface area contributed by atoms with E-state index in [-0.39, 0.29) is 41.8 Å². The Kier molecular flexibility index (Phi) is 6.78. The van der Waals surface area contributed by atoms with Gasteiger partial charge < -0.3 is 10.4 Å². The Hall–Kier alpha value is -3.12. The number of carbonyl (C=O) groups is 1. The van der Waals surface area contributed by atoms with Gasteiger partial charge in [0.25, 0.3) is 5.91 Å². The lowest BCUT2D eigenvalue weighted by Crippen LogP contribution is -2.49. The quantitative estimate of drug-likeness (QED) is 0.485. The zero-order valence-corrected chi connectivity index (χ0v) is 18.7. The molecule has 0 saturated heterocycles. The molecule has 1 atom stereocenters. The fourth-order valence-electron chi connectivity index (χ4n) is 4.09. The highest BCUT2D eigenvalue weighted by Crippen LogP contribution is 2.42. The first-order valence-electron chi connectivity index (χ1n) is 10.6. The molecule has 4 rings (SSSR count). The van der Waals surface area contributed by atoms with Crippen molar-refractivity contribution < 1.29 is 31.9 Å². The largest absolute Gasteiger partial charge is 0.433 e. The van der Waals surface area contributed by atoms with Crippen LogP contribution in [-0.4, -0.2) is 42.8 Å². The van der Waals surface area contributed by atoms with Crippen LogP contribution in [0.4, 0.5) is 22.0 Å². The third-order valence-corrected chi connectivity index (χ3v) is 6.30. The molecule has 2 aromatic heterocycles. The van der Waals surface area contributed by atoms with Crippen LogP contribution in [0.25, 0.3) is 5.82 Å². The lowest BCUT2D eigenvalue weighted by molar-refractivity contribution is -0.141. The number of rotatable bonds is 5. The molecule has 1 aliphatic rings. The van der Waals surface area contributed by atoms with Crippen molar-refractivity contribution in [1.82, 2.24) is 25.3 Å². The summed E-state index contributed by atoms with van der Waals surface area (Å²) < 4.78 is 67.8. The molecule has 1 fully saturated rings. The number of nitrogens with one attached hydrogen (secondary N) is 1. The van der Waals surface area contributed by atoms with Gasteiger partial charge >= 0.3 is 6.18 Å². The fourth-order valence-corrected chi connectivity index (χ4v) is 4.32. The molecule has 3 aromatic rings. The summed E-state index contributed by atoms with van der Waals surface area (Å²) in [4.78, 5) is 17.6. The van der Waals surface area contributed by atoms with Crippen molar-refractivity contribution in [2.45, 2.75) is 49.7 Å². The molecule has 186 valence electrons. The molecule has 1 aromatic carbocycles. The number of pyridine rings is 1. The Morgan fingerprint density at radius 2 is 1.83 bits per heavy atom. The van der Waals surface area contributed by atoms with E-state index in [0.29, 0.717) is 6.07 Å². The van der Waals surface area contributed by atoms with E-state index in [1.165, 1.54) is 24.5 Å². The summed E-state index contributed by atoms with van der Waals surface area (Å²) in [5.74, 6) is -2.26. The zero-order valence-electron chi connectivity index (χ0n) is 17.9. The summed E-state index contributed by atoms with van der Waals surface area (Å²) in [6.45, 7) is 0. The van der Waals surface area contributed by atoms with E-state index >= 15 is 0 Å². The Bertz CT molecular complexity index is 1210. The third-order valence-electron chi connectivity index (χ3n) is 5.90. The Morgan fingerprint density at radius 1 is 1.17 bits per heavy atom. The maximum Gasteiger partial charge on any atom is 0.433 e. The number of benzene rings is 1. The number of alkyl halides is 4. The average Bonchev–Trinajstić information content (AvgIpc) is 3.35. The minimum Gasteiger partial charge on any atom is -0.387 e. The van der Waals surface area contributed by atoms with Crippen molar-refractivity contribution in [3.05, 3.63) is 70.4 Å². The van der Waals surface area contributed by atoms with Crippen molar-refractivity contribution in [3.63, 3.8) is 0 Å². The predicted octanol–water partition coefficient (Wildman–Crippen LogP) is 4.59. The number of amides is 1. The highest BCUT2D eigenvalue weighted by atomic mass is 35.5. The van der Waals surface area contributed by atoms with Crippen LogP contribution in [0.2, 0.25) is 5.02 Å². The molecule has 0 bridgehead atoms. The number of aromatic nitrogens is 4. The van der Waals surface area contributed by atoms with Crippen molar-refractivity contribution in [1.29, 1.82) is 0 Å². The van der Waals surface area contributed by atoms with E-state index in [9.17, 15) is 31.9 Å². The fraction of sp³-hybridized carbons (Fsp3) is 0.364. The van der Waals surface area contributed by atoms with Gasteiger partial charge in [0.15, 0.2) is 5.82 Å². The lowest BCUT2D eigenvalue weighted by Gasteiger charge is -2.41. The van der Waals surface area contributed by atoms with Crippen LogP contribution >= 0.6 is 11.6 Å². The molecule has 35 heavy (non-hydrogen) atoms. The van der Waals surface area contributed by atoms with Crippen LogP contribution in [0.15, 0.2) is 42.7 Å². The minimum atomic E-state index is -4.80. The SMILES string of the molecule is O=C(NC(c1cccc(F)c1Cl)[C@]1(O)CC[C@H](F)CC1)c1ccc(C(F)(F)F)nc1-n1nccn1. The molecule has 1 saturated carbocycles. The van der Waals surface area contributed by atoms with E-state index < -0.39 is 47.2 Å². The van der Waals surface area contributed by atoms with Gasteiger partial charge in [0.2, 0.25) is 0 Å². The Balaban J connectivity index is 1.77. The third kappa shape index (κ3) is 5.13. The molecule has 2 N–H and O–H groups in total. The molecule has 2 heterocycles. The number of nitrogens with zero attached hydrogens (tertiary/aromatic N) is 4. The summed E-state index contributed by atoms with van der Waals surface area (Å²) >= 11 is 6.14. The van der Waals surface area contributed by atoms with Gasteiger partial charge in [-0.25, -0.2) is 13.8 Å². The molecule has 13 heteroatoms. The molecule has 7 nitrogen and oxygen atoms in total. The molecular formula is C22H19ClF5N5O2. The first kappa shape index (κ1) is 25.0. The molecule has 0 aliphatic heterocycles. The monoisotopic (exact) mass is 515 g/mol. The predicted molar refractivity (Wildman–Crippen MR) is 114 cm³/mol. The van der Waals surface area contributed by atoms with E-state index in [4.69, 9.17) is 11.6 Å². The zero-order chi connectivity index (χ0) is 25.4. The van der Waals surface area contributed by atoms with Gasteiger partial charge in [-0.2, -0.15) is 23.4 Å². The normalized spacial score (nSPS) is 21.5. The van der Waals surface area contributed by atoms with Gasteiger partial charge in [-0.15, -0.1) is 4.80 Å². The van der Waals surface area contributed by atoms with Gasteiger partial charge in [0.1, 0.15) is 17.7 Å². The van der Waals surface area contributed by atoms with Crippen LogP contribution in [0.3, 0.4) is 0 Å². The Morgan fingerprint density at radius 3 is 2.46 bits per heavy atom. The van der Waals surface area contributed by atoms with Crippen LogP contribution in [0, 0.1) is 5.82 Å². The molecule has 0 radical (unpaired) electrons. The maximum absolute atomic E-state index is 14.2. The van der Waals surface area contributed by atoms with Crippen molar-refractivity contribution in [3.8, 4) is 5.82 Å². The molecule has 1 amide bonds. The number of hydrogen-bond donors (Lipinski definition) is 2. The smallest absolute Gasteiger partial charge is 0.387 e. The summed E-state index contributed by atoms with van der Waals surface area (Å²) in [6.07, 6.45) is -3.69. The standard InChI is InChI=1S/C22H19ClF5N5O2/c23-17-13(2-1-3-15(17)25)18(21(35)8-6-12(24)7-9-21)32-20(34)14-4-5-16(22(26,27)28)31-19(14)33-29-10-11-30-33/h1-5,10-12,18,35H,6-9H2,(H,32,34)/t12-,18?,21-. The molecule has 0 spiro atoms. The second-order valence-corrected chi connectivity index (χ2v) is 8.59. The van der Waals surface area contributed by atoms with Gasteiger partial charge in [0.05, 0.1) is 34.6 Å². The highest BCUT2D eigenvalue weighted by Gasteiger charge is 2.43. The first-order chi connectivity index (χ1) is 16.5. The maximum atomic E-state index is 14.2. The summed E-state index contributed by atoms with van der Waals surface area (Å²) in [5, 5.41) is 21.1. The topological polar surface area (TPSA) is 92.9 Å². The van der Waals surface area contributed by atoms with Crippen LogP contribution in [-0.2, 0) is 6.18 Å². The second-order valence-electron chi connectivity index (χ2n) is 8.21. The van der Waals surface area contributed by atoms with Crippen molar-refractivity contribution in [2.24, 2.45) is 0 Å². The van der Waals surface area contributed by atoms with Gasteiger partial charge in [-0.05, 0) is 49.4 Å². The summed E-state index contributed by atoms with van der Waals surface area (Å²) in [6, 6.07) is 4.04. The molecule has 1 aliphatic carbocycles. The molecule has 1 unspecified atom stereocenters. The minimum absolute atomic E-state index is 0.0000968. The summed E-state index contributed by atoms with van der Waals surface area (Å²) in [5.41, 5.74) is -3.27. The van der Waals surface area contributed by atoms with E-state index in [2.05, 4.69) is 20.5 Å². The number of halogens is 6. The number of aliphatic hydroxyl groups is 1. The number of carbonyl (C=O) groups excluding carboxylic acids is 1. The number of hydrogen-bond acceptors (Lipinski definition) is 5. The van der Waals surface area contributed by atoms with Crippen LogP contribution in [0.1, 0.15) is 53.3 Å². The molecular weight excluding hydrogens is 497 g/mol.